The number of rotatable bonds is 16. The van der Waals surface area contributed by atoms with E-state index in [0.29, 0.717) is 0 Å². The van der Waals surface area contributed by atoms with Gasteiger partial charge in [-0.15, -0.1) is 0 Å². The summed E-state index contributed by atoms with van der Waals surface area (Å²) in [7, 11) is 1.85. The van der Waals surface area contributed by atoms with Crippen molar-refractivity contribution in [3.05, 3.63) is 77.4 Å². The minimum atomic E-state index is 0.249. The van der Waals surface area contributed by atoms with Crippen molar-refractivity contribution in [2.75, 3.05) is 7.11 Å². The van der Waals surface area contributed by atoms with Crippen molar-refractivity contribution in [3.8, 4) is 0 Å². The number of hydrogen-bond donors (Lipinski definition) is 0. The van der Waals surface area contributed by atoms with Crippen LogP contribution in [0, 0.1) is 17.8 Å². The van der Waals surface area contributed by atoms with Crippen molar-refractivity contribution in [2.24, 2.45) is 17.8 Å². The van der Waals surface area contributed by atoms with Gasteiger partial charge in [0.15, 0.2) is 0 Å². The van der Waals surface area contributed by atoms with Crippen LogP contribution in [-0.2, 0) is 11.2 Å². The molecule has 1 aliphatic rings. The summed E-state index contributed by atoms with van der Waals surface area (Å²) in [6, 6.07) is 19.8. The van der Waals surface area contributed by atoms with Gasteiger partial charge in [-0.3, -0.25) is 0 Å². The zero-order chi connectivity index (χ0) is 25.4. The molecule has 2 aromatic rings. The van der Waals surface area contributed by atoms with E-state index in [2.05, 4.69) is 80.6 Å². The average molecular weight is 489 g/mol. The number of allylic oxidation sites excluding steroid dienone is 1. The first-order valence-electron chi connectivity index (χ1n) is 15.0. The number of benzene rings is 2. The fraction of sp³-hybridized carbons (Fsp3) is 0.600. The maximum absolute atomic E-state index is 5.76. The van der Waals surface area contributed by atoms with Crippen molar-refractivity contribution in [2.45, 2.75) is 110 Å². The summed E-state index contributed by atoms with van der Waals surface area (Å²) in [6.07, 6.45) is 24.0. The van der Waals surface area contributed by atoms with E-state index in [4.69, 9.17) is 4.74 Å². The fourth-order valence-corrected chi connectivity index (χ4v) is 6.15. The molecule has 0 heterocycles. The Bertz CT molecular complexity index is 829. The molecule has 3 rings (SSSR count). The van der Waals surface area contributed by atoms with E-state index in [1.54, 1.807) is 0 Å². The van der Waals surface area contributed by atoms with E-state index in [1.807, 2.05) is 7.11 Å². The van der Waals surface area contributed by atoms with Crippen LogP contribution in [0.3, 0.4) is 0 Å². The molecule has 0 aromatic heterocycles. The average Bonchev–Trinajstić information content (AvgIpc) is 2.92. The topological polar surface area (TPSA) is 9.23 Å². The van der Waals surface area contributed by atoms with Crippen LogP contribution in [0.25, 0.3) is 6.08 Å². The van der Waals surface area contributed by atoms with Crippen molar-refractivity contribution >= 4 is 6.08 Å². The summed E-state index contributed by atoms with van der Waals surface area (Å²) in [4.78, 5) is 0. The molecule has 198 valence electrons. The minimum absolute atomic E-state index is 0.249. The highest BCUT2D eigenvalue weighted by atomic mass is 16.5. The lowest BCUT2D eigenvalue weighted by atomic mass is 9.77. The number of unbranched alkanes of at least 4 members (excludes halogenated alkanes) is 2. The Morgan fingerprint density at radius 1 is 0.778 bits per heavy atom. The molecule has 0 aliphatic heterocycles. The van der Waals surface area contributed by atoms with Crippen LogP contribution >= 0.6 is 0 Å². The van der Waals surface area contributed by atoms with Gasteiger partial charge in [-0.1, -0.05) is 138 Å². The van der Waals surface area contributed by atoms with Gasteiger partial charge in [-0.05, 0) is 67.1 Å². The molecule has 2 atom stereocenters. The van der Waals surface area contributed by atoms with E-state index in [-0.39, 0.29) is 6.10 Å². The van der Waals surface area contributed by atoms with E-state index < -0.39 is 0 Å². The van der Waals surface area contributed by atoms with Crippen LogP contribution in [0.1, 0.15) is 120 Å². The van der Waals surface area contributed by atoms with Crippen molar-refractivity contribution in [1.29, 1.82) is 0 Å². The summed E-state index contributed by atoms with van der Waals surface area (Å²) in [5, 5.41) is 0. The molecule has 2 unspecified atom stereocenters. The highest BCUT2D eigenvalue weighted by Gasteiger charge is 2.20. The van der Waals surface area contributed by atoms with Crippen molar-refractivity contribution < 1.29 is 4.74 Å². The monoisotopic (exact) mass is 488 g/mol. The number of hydrogen-bond acceptors (Lipinski definition) is 1. The summed E-state index contributed by atoms with van der Waals surface area (Å²) in [5.41, 5.74) is 4.13. The second kappa shape index (κ2) is 16.8. The molecule has 1 saturated carbocycles. The molecule has 1 nitrogen and oxygen atoms in total. The highest BCUT2D eigenvalue weighted by molar-refractivity contribution is 5.49. The van der Waals surface area contributed by atoms with Crippen molar-refractivity contribution in [1.82, 2.24) is 0 Å². The third-order valence-corrected chi connectivity index (χ3v) is 8.57. The van der Waals surface area contributed by atoms with Crippen LogP contribution < -0.4 is 0 Å². The van der Waals surface area contributed by atoms with Crippen molar-refractivity contribution in [3.63, 3.8) is 0 Å². The molecular weight excluding hydrogens is 436 g/mol. The quantitative estimate of drug-likeness (QED) is 0.213. The summed E-state index contributed by atoms with van der Waals surface area (Å²) in [5.74, 6) is 2.80. The molecule has 0 spiro atoms. The molecule has 1 heteroatoms. The van der Waals surface area contributed by atoms with Gasteiger partial charge in [0, 0.05) is 7.11 Å². The minimum Gasteiger partial charge on any atom is -0.377 e. The summed E-state index contributed by atoms with van der Waals surface area (Å²) >= 11 is 0. The number of aryl methyl sites for hydroxylation is 1. The zero-order valence-electron chi connectivity index (χ0n) is 23.5. The number of methoxy groups -OCH3 is 1. The van der Waals surface area contributed by atoms with E-state index in [9.17, 15) is 0 Å². The van der Waals surface area contributed by atoms with Gasteiger partial charge in [-0.2, -0.15) is 0 Å². The van der Waals surface area contributed by atoms with Crippen LogP contribution in [0.4, 0.5) is 0 Å². The van der Waals surface area contributed by atoms with Gasteiger partial charge < -0.3 is 4.74 Å². The smallest absolute Gasteiger partial charge is 0.0821 e. The Morgan fingerprint density at radius 3 is 2.03 bits per heavy atom. The predicted molar refractivity (Wildman–Crippen MR) is 157 cm³/mol. The highest BCUT2D eigenvalue weighted by Crippen LogP contribution is 2.35. The lowest BCUT2D eigenvalue weighted by molar-refractivity contribution is 0.0893. The van der Waals surface area contributed by atoms with Gasteiger partial charge in [0.2, 0.25) is 0 Å². The van der Waals surface area contributed by atoms with Gasteiger partial charge in [0.05, 0.1) is 6.10 Å². The summed E-state index contributed by atoms with van der Waals surface area (Å²) in [6.45, 7) is 4.51. The first-order chi connectivity index (χ1) is 17.7. The molecule has 0 amide bonds. The lowest BCUT2D eigenvalue weighted by Gasteiger charge is -2.28. The second-order valence-corrected chi connectivity index (χ2v) is 11.5. The largest absolute Gasteiger partial charge is 0.377 e. The van der Waals surface area contributed by atoms with Gasteiger partial charge in [-0.25, -0.2) is 0 Å². The second-order valence-electron chi connectivity index (χ2n) is 11.5. The normalized spacial score (nSPS) is 20.0. The maximum atomic E-state index is 5.76. The van der Waals surface area contributed by atoms with Gasteiger partial charge in [0.1, 0.15) is 0 Å². The zero-order valence-corrected chi connectivity index (χ0v) is 23.5. The Balaban J connectivity index is 1.19. The first kappa shape index (κ1) is 28.7. The Morgan fingerprint density at radius 2 is 1.42 bits per heavy atom. The molecule has 1 aliphatic carbocycles. The Labute approximate surface area is 222 Å². The molecule has 0 N–H and O–H groups in total. The molecule has 0 saturated heterocycles. The molecule has 0 bridgehead atoms. The predicted octanol–water partition coefficient (Wildman–Crippen LogP) is 10.6. The van der Waals surface area contributed by atoms with E-state index in [0.717, 1.165) is 24.2 Å². The molecule has 2 aromatic carbocycles. The molecule has 1 fully saturated rings. The fourth-order valence-electron chi connectivity index (χ4n) is 6.15. The maximum Gasteiger partial charge on any atom is 0.0821 e. The van der Waals surface area contributed by atoms with Gasteiger partial charge in [0.25, 0.3) is 0 Å². The molecule has 36 heavy (non-hydrogen) atoms. The Kier molecular flexibility index (Phi) is 13.4. The van der Waals surface area contributed by atoms with E-state index >= 15 is 0 Å². The standard InChI is InChI=1S/C35H52O/c1-4-12-30-20-22-32(23-21-30)15-10-11-16-33-26-24-31(25-27-33)14-9-8-13-29(2)19-28-35(36-3)34-17-6-5-7-18-34/h4-7,12,17-18,20-23,29,31,33,35H,8-11,13-16,19,24-28H2,1-3H3/t29?,31-,33-,35?. The van der Waals surface area contributed by atoms with Crippen LogP contribution in [0.2, 0.25) is 0 Å². The number of ether oxygens (including phenoxy) is 1. The molecular formula is C35H52O. The third kappa shape index (κ3) is 10.6. The van der Waals surface area contributed by atoms with Crippen LogP contribution in [0.15, 0.2) is 60.7 Å². The Hall–Kier alpha value is -1.86. The first-order valence-corrected chi connectivity index (χ1v) is 15.0. The van der Waals surface area contributed by atoms with Crippen LogP contribution in [0.5, 0.6) is 0 Å². The SMILES string of the molecule is CC=Cc1ccc(CCCC[C@H]2CC[C@H](CCCCC(C)CCC(OC)c3ccccc3)CC2)cc1. The van der Waals surface area contributed by atoms with Gasteiger partial charge >= 0.3 is 0 Å². The van der Waals surface area contributed by atoms with E-state index in [1.165, 1.54) is 100 Å². The molecule has 0 radical (unpaired) electrons. The van der Waals surface area contributed by atoms with Crippen LogP contribution in [-0.4, -0.2) is 7.11 Å². The lowest BCUT2D eigenvalue weighted by Crippen LogP contribution is -2.14. The summed E-state index contributed by atoms with van der Waals surface area (Å²) < 4.78 is 5.76. The third-order valence-electron chi connectivity index (χ3n) is 8.57.